The van der Waals surface area contributed by atoms with Gasteiger partial charge in [0.2, 0.25) is 0 Å². The van der Waals surface area contributed by atoms with Gasteiger partial charge in [-0.25, -0.2) is 0 Å². The van der Waals surface area contributed by atoms with Crippen LogP contribution in [0.5, 0.6) is 0 Å². The molecule has 0 saturated heterocycles. The van der Waals surface area contributed by atoms with Gasteiger partial charge in [0.1, 0.15) is 11.3 Å². The van der Waals surface area contributed by atoms with Crippen LogP contribution in [-0.2, 0) is 0 Å². The molecule has 76 valence electrons. The fraction of sp³-hybridized carbons (Fsp3) is 0.143. The van der Waals surface area contributed by atoms with Crippen LogP contribution in [0.25, 0.3) is 22.6 Å². The predicted molar refractivity (Wildman–Crippen MR) is 65.8 cm³/mol. The van der Waals surface area contributed by atoms with Crippen LogP contribution in [0, 0.1) is 6.92 Å². The van der Waals surface area contributed by atoms with Crippen LogP contribution in [0.1, 0.15) is 23.8 Å². The normalized spacial score (nSPS) is 10.5. The SMILES string of the molecule is C=Cc1oc2ccc(C)cc2c1C(=C)C. The Bertz CT molecular complexity index is 544. The molecule has 0 fully saturated rings. The maximum Gasteiger partial charge on any atom is 0.135 e. The first kappa shape index (κ1) is 9.78. The third kappa shape index (κ3) is 1.50. The first-order valence-electron chi connectivity index (χ1n) is 4.95. The second kappa shape index (κ2) is 3.43. The summed E-state index contributed by atoms with van der Waals surface area (Å²) < 4.78 is 5.69. The van der Waals surface area contributed by atoms with E-state index in [1.54, 1.807) is 6.08 Å². The van der Waals surface area contributed by atoms with Crippen LogP contribution >= 0.6 is 0 Å². The third-order valence-electron chi connectivity index (χ3n) is 2.48. The Balaban J connectivity index is 2.88. The molecule has 1 aromatic carbocycles. The molecule has 1 heterocycles. The maximum atomic E-state index is 5.69. The number of benzene rings is 1. The smallest absolute Gasteiger partial charge is 0.135 e. The molecule has 0 bridgehead atoms. The molecule has 1 heteroatoms. The summed E-state index contributed by atoms with van der Waals surface area (Å²) in [7, 11) is 0. The van der Waals surface area contributed by atoms with E-state index in [1.807, 2.05) is 19.1 Å². The van der Waals surface area contributed by atoms with Crippen molar-refractivity contribution in [3.8, 4) is 0 Å². The fourth-order valence-electron chi connectivity index (χ4n) is 1.81. The fourth-order valence-corrected chi connectivity index (χ4v) is 1.81. The third-order valence-corrected chi connectivity index (χ3v) is 2.48. The van der Waals surface area contributed by atoms with Gasteiger partial charge in [-0.2, -0.15) is 0 Å². The average Bonchev–Trinajstić information content (AvgIpc) is 2.55. The van der Waals surface area contributed by atoms with E-state index in [0.717, 1.165) is 27.9 Å². The lowest BCUT2D eigenvalue weighted by molar-refractivity contribution is 0.603. The van der Waals surface area contributed by atoms with Crippen molar-refractivity contribution in [3.63, 3.8) is 0 Å². The Morgan fingerprint density at radius 1 is 1.40 bits per heavy atom. The summed E-state index contributed by atoms with van der Waals surface area (Å²) >= 11 is 0. The lowest BCUT2D eigenvalue weighted by atomic mass is 10.0. The van der Waals surface area contributed by atoms with Gasteiger partial charge in [-0.05, 0) is 37.6 Å². The molecule has 0 spiro atoms. The molecule has 1 nitrogen and oxygen atoms in total. The van der Waals surface area contributed by atoms with Crippen molar-refractivity contribution in [2.45, 2.75) is 13.8 Å². The Hall–Kier alpha value is -1.76. The second-order valence-electron chi connectivity index (χ2n) is 3.83. The molecular formula is C14H14O. The molecule has 2 rings (SSSR count). The van der Waals surface area contributed by atoms with Crippen molar-refractivity contribution in [1.82, 2.24) is 0 Å². The summed E-state index contributed by atoms with van der Waals surface area (Å²) in [5.74, 6) is 0.808. The van der Waals surface area contributed by atoms with Crippen LogP contribution in [-0.4, -0.2) is 0 Å². The largest absolute Gasteiger partial charge is 0.456 e. The highest BCUT2D eigenvalue weighted by molar-refractivity contribution is 5.94. The van der Waals surface area contributed by atoms with Crippen molar-refractivity contribution in [1.29, 1.82) is 0 Å². The number of aryl methyl sites for hydroxylation is 1. The van der Waals surface area contributed by atoms with Crippen molar-refractivity contribution in [3.05, 3.63) is 48.2 Å². The lowest BCUT2D eigenvalue weighted by Gasteiger charge is -1.97. The topological polar surface area (TPSA) is 13.1 Å². The van der Waals surface area contributed by atoms with E-state index in [9.17, 15) is 0 Å². The van der Waals surface area contributed by atoms with Crippen molar-refractivity contribution in [2.24, 2.45) is 0 Å². The van der Waals surface area contributed by atoms with E-state index in [1.165, 1.54) is 5.56 Å². The van der Waals surface area contributed by atoms with Gasteiger partial charge in [0.25, 0.3) is 0 Å². The summed E-state index contributed by atoms with van der Waals surface area (Å²) in [6, 6.07) is 6.15. The zero-order chi connectivity index (χ0) is 11.0. The molecule has 0 amide bonds. The van der Waals surface area contributed by atoms with Gasteiger partial charge < -0.3 is 4.42 Å². The molecule has 0 N–H and O–H groups in total. The minimum absolute atomic E-state index is 0.808. The lowest BCUT2D eigenvalue weighted by Crippen LogP contribution is -1.79. The molecule has 0 aliphatic rings. The molecule has 0 radical (unpaired) electrons. The highest BCUT2D eigenvalue weighted by Crippen LogP contribution is 2.31. The van der Waals surface area contributed by atoms with E-state index >= 15 is 0 Å². The van der Waals surface area contributed by atoms with Gasteiger partial charge in [-0.1, -0.05) is 24.8 Å². The van der Waals surface area contributed by atoms with Crippen LogP contribution in [0.3, 0.4) is 0 Å². The number of hydrogen-bond acceptors (Lipinski definition) is 1. The standard InChI is InChI=1S/C14H14O/c1-5-12-14(9(2)3)11-8-10(4)6-7-13(11)15-12/h5-8H,1-2H2,3-4H3. The highest BCUT2D eigenvalue weighted by atomic mass is 16.3. The van der Waals surface area contributed by atoms with Gasteiger partial charge >= 0.3 is 0 Å². The number of fused-ring (bicyclic) bond motifs is 1. The van der Waals surface area contributed by atoms with Crippen LogP contribution < -0.4 is 0 Å². The maximum absolute atomic E-state index is 5.69. The quantitative estimate of drug-likeness (QED) is 0.696. The van der Waals surface area contributed by atoms with Crippen LogP contribution in [0.2, 0.25) is 0 Å². The summed E-state index contributed by atoms with van der Waals surface area (Å²) in [4.78, 5) is 0. The monoisotopic (exact) mass is 198 g/mol. The highest BCUT2D eigenvalue weighted by Gasteiger charge is 2.11. The van der Waals surface area contributed by atoms with Gasteiger partial charge in [0.05, 0.1) is 0 Å². The summed E-state index contributed by atoms with van der Waals surface area (Å²) in [6.45, 7) is 11.8. The first-order valence-corrected chi connectivity index (χ1v) is 4.95. The van der Waals surface area contributed by atoms with Crippen molar-refractivity contribution >= 4 is 22.6 Å². The first-order chi connectivity index (χ1) is 7.13. The molecule has 0 aliphatic heterocycles. The minimum Gasteiger partial charge on any atom is -0.456 e. The molecule has 2 aromatic rings. The van der Waals surface area contributed by atoms with Gasteiger partial charge in [-0.3, -0.25) is 0 Å². The zero-order valence-corrected chi connectivity index (χ0v) is 9.13. The number of allylic oxidation sites excluding steroid dienone is 1. The summed E-state index contributed by atoms with van der Waals surface area (Å²) in [5.41, 5.74) is 4.20. The molecule has 15 heavy (non-hydrogen) atoms. The zero-order valence-electron chi connectivity index (χ0n) is 9.13. The van der Waals surface area contributed by atoms with Crippen LogP contribution in [0.4, 0.5) is 0 Å². The molecule has 0 atom stereocenters. The Kier molecular flexibility index (Phi) is 2.24. The number of hydrogen-bond donors (Lipinski definition) is 0. The second-order valence-corrected chi connectivity index (χ2v) is 3.83. The van der Waals surface area contributed by atoms with Gasteiger partial charge in [0, 0.05) is 10.9 Å². The van der Waals surface area contributed by atoms with Crippen molar-refractivity contribution in [2.75, 3.05) is 0 Å². The van der Waals surface area contributed by atoms with E-state index in [2.05, 4.69) is 26.1 Å². The number of rotatable bonds is 2. The average molecular weight is 198 g/mol. The Morgan fingerprint density at radius 2 is 2.13 bits per heavy atom. The van der Waals surface area contributed by atoms with E-state index < -0.39 is 0 Å². The molecule has 0 aliphatic carbocycles. The molecule has 1 aromatic heterocycles. The predicted octanol–water partition coefficient (Wildman–Crippen LogP) is 4.42. The molecule has 0 saturated carbocycles. The van der Waals surface area contributed by atoms with E-state index in [4.69, 9.17) is 4.42 Å². The van der Waals surface area contributed by atoms with Crippen molar-refractivity contribution < 1.29 is 4.42 Å². The Labute approximate surface area is 89.7 Å². The number of furan rings is 1. The Morgan fingerprint density at radius 3 is 2.73 bits per heavy atom. The minimum atomic E-state index is 0.808. The molecule has 0 unspecified atom stereocenters. The van der Waals surface area contributed by atoms with E-state index in [-0.39, 0.29) is 0 Å². The summed E-state index contributed by atoms with van der Waals surface area (Å²) in [6.07, 6.45) is 1.74. The van der Waals surface area contributed by atoms with E-state index in [0.29, 0.717) is 0 Å². The van der Waals surface area contributed by atoms with Gasteiger partial charge in [0.15, 0.2) is 0 Å². The van der Waals surface area contributed by atoms with Crippen LogP contribution in [0.15, 0.2) is 35.8 Å². The molecular weight excluding hydrogens is 184 g/mol. The van der Waals surface area contributed by atoms with Gasteiger partial charge in [-0.15, -0.1) is 0 Å². The summed E-state index contributed by atoms with van der Waals surface area (Å²) in [5, 5.41) is 1.12.